The number of hydrogen-bond acceptors (Lipinski definition) is 8. The largest absolute Gasteiger partial charge is 0.493 e. The van der Waals surface area contributed by atoms with Crippen molar-refractivity contribution in [2.75, 3.05) is 13.7 Å². The lowest BCUT2D eigenvalue weighted by molar-refractivity contribution is -0.143. The van der Waals surface area contributed by atoms with Gasteiger partial charge in [0.05, 0.1) is 35.6 Å². The van der Waals surface area contributed by atoms with Crippen LogP contribution in [0.15, 0.2) is 56.8 Å². The molecule has 0 aliphatic carbocycles. The molecule has 1 atom stereocenters. The zero-order valence-corrected chi connectivity index (χ0v) is 22.7. The van der Waals surface area contributed by atoms with Crippen LogP contribution in [0.1, 0.15) is 57.0 Å². The van der Waals surface area contributed by atoms with Gasteiger partial charge in [-0.3, -0.25) is 9.36 Å². The number of aromatic nitrogens is 1. The third-order valence-corrected chi connectivity index (χ3v) is 7.55. The van der Waals surface area contributed by atoms with E-state index >= 15 is 0 Å². The van der Waals surface area contributed by atoms with Crippen LogP contribution in [-0.2, 0) is 9.53 Å². The van der Waals surface area contributed by atoms with Gasteiger partial charge in [0.2, 0.25) is 0 Å². The van der Waals surface area contributed by atoms with E-state index in [0.29, 0.717) is 38.7 Å². The molecule has 36 heavy (non-hydrogen) atoms. The summed E-state index contributed by atoms with van der Waals surface area (Å²) in [5.41, 5.74) is 1.55. The number of benzene rings is 1. The van der Waals surface area contributed by atoms with Crippen LogP contribution >= 0.6 is 22.7 Å². The molecule has 0 saturated heterocycles. The van der Waals surface area contributed by atoms with Crippen LogP contribution in [0.4, 0.5) is 0 Å². The number of esters is 1. The smallest absolute Gasteiger partial charge is 0.338 e. The van der Waals surface area contributed by atoms with E-state index in [1.807, 2.05) is 41.8 Å². The zero-order valence-electron chi connectivity index (χ0n) is 21.1. The average molecular weight is 527 g/mol. The van der Waals surface area contributed by atoms with Crippen molar-refractivity contribution >= 4 is 34.7 Å². The van der Waals surface area contributed by atoms with Gasteiger partial charge in [0, 0.05) is 4.88 Å². The first-order chi connectivity index (χ1) is 17.3. The molecular formula is C27H30N2O5S2. The number of rotatable bonds is 9. The molecule has 0 amide bonds. The maximum atomic E-state index is 13.7. The molecule has 1 aromatic carbocycles. The number of nitrogens with zero attached hydrogens (tertiary/aromatic N) is 2. The van der Waals surface area contributed by atoms with E-state index in [9.17, 15) is 9.59 Å². The molecule has 0 N–H and O–H groups in total. The van der Waals surface area contributed by atoms with Gasteiger partial charge in [0.1, 0.15) is 6.04 Å². The van der Waals surface area contributed by atoms with Crippen LogP contribution in [0, 0.1) is 0 Å². The van der Waals surface area contributed by atoms with Crippen LogP contribution in [0.5, 0.6) is 11.5 Å². The summed E-state index contributed by atoms with van der Waals surface area (Å²) in [7, 11) is 1.60. The summed E-state index contributed by atoms with van der Waals surface area (Å²) in [6.07, 6.45) is 3.54. The van der Waals surface area contributed by atoms with Crippen molar-refractivity contribution in [1.82, 2.24) is 4.57 Å². The minimum Gasteiger partial charge on any atom is -0.493 e. The first-order valence-electron chi connectivity index (χ1n) is 11.9. The molecule has 0 radical (unpaired) electrons. The summed E-state index contributed by atoms with van der Waals surface area (Å²) in [5.74, 6) is 0.826. The average Bonchev–Trinajstić information content (AvgIpc) is 3.47. The second kappa shape index (κ2) is 11.3. The van der Waals surface area contributed by atoms with E-state index in [2.05, 4.69) is 11.9 Å². The minimum atomic E-state index is -0.585. The molecule has 3 aromatic rings. The minimum absolute atomic E-state index is 0.207. The number of carbonyl (C=O) groups excluding carboxylic acids is 1. The number of hydrogen-bond donors (Lipinski definition) is 0. The molecule has 9 heteroatoms. The van der Waals surface area contributed by atoms with E-state index < -0.39 is 12.0 Å². The molecule has 3 heterocycles. The van der Waals surface area contributed by atoms with Gasteiger partial charge in [-0.2, -0.15) is 0 Å². The van der Waals surface area contributed by atoms with Gasteiger partial charge < -0.3 is 14.2 Å². The van der Waals surface area contributed by atoms with Crippen molar-refractivity contribution in [2.45, 2.75) is 52.7 Å². The highest BCUT2D eigenvalue weighted by atomic mass is 32.1. The molecule has 0 fully saturated rings. The second-order valence-electron chi connectivity index (χ2n) is 8.66. The molecule has 7 nitrogen and oxygen atoms in total. The monoisotopic (exact) mass is 526 g/mol. The molecule has 2 aromatic heterocycles. The Hall–Kier alpha value is -3.17. The standard InChI is InChI=1S/C27H30N2O5S2/c1-6-7-12-33-19-11-10-18(14-20(19)32-5)15-22-25(30)29-24(21-9-8-13-35-21)23(26(31)34-16(2)3)17(4)28-27(29)36-22/h8-11,13-16,24H,6-7,12H2,1-5H3/b22-15-/t24-/m1/s1. The van der Waals surface area contributed by atoms with E-state index in [-0.39, 0.29) is 11.7 Å². The predicted molar refractivity (Wildman–Crippen MR) is 143 cm³/mol. The van der Waals surface area contributed by atoms with Gasteiger partial charge in [-0.1, -0.05) is 36.8 Å². The maximum Gasteiger partial charge on any atom is 0.338 e. The fourth-order valence-corrected chi connectivity index (χ4v) is 5.82. The topological polar surface area (TPSA) is 79.1 Å². The van der Waals surface area contributed by atoms with Crippen LogP contribution in [-0.4, -0.2) is 30.4 Å². The van der Waals surface area contributed by atoms with Crippen LogP contribution in [0.3, 0.4) is 0 Å². The quantitative estimate of drug-likeness (QED) is 0.304. The fraction of sp³-hybridized carbons (Fsp3) is 0.370. The Morgan fingerprint density at radius 1 is 1.25 bits per heavy atom. The molecule has 0 spiro atoms. The maximum absolute atomic E-state index is 13.7. The highest BCUT2D eigenvalue weighted by molar-refractivity contribution is 7.10. The third kappa shape index (κ3) is 5.32. The number of allylic oxidation sites excluding steroid dienone is 1. The molecule has 1 aliphatic heterocycles. The lowest BCUT2D eigenvalue weighted by Crippen LogP contribution is -2.39. The second-order valence-corrected chi connectivity index (χ2v) is 10.7. The first-order valence-corrected chi connectivity index (χ1v) is 13.6. The summed E-state index contributed by atoms with van der Waals surface area (Å²) in [4.78, 5) is 32.8. The van der Waals surface area contributed by atoms with E-state index in [4.69, 9.17) is 14.2 Å². The Balaban J connectivity index is 1.79. The Morgan fingerprint density at radius 2 is 2.06 bits per heavy atom. The highest BCUT2D eigenvalue weighted by Gasteiger charge is 2.34. The van der Waals surface area contributed by atoms with Gasteiger partial charge in [-0.25, -0.2) is 9.79 Å². The van der Waals surface area contributed by atoms with Gasteiger partial charge in [-0.05, 0) is 62.4 Å². The van der Waals surface area contributed by atoms with Gasteiger partial charge in [0.15, 0.2) is 16.3 Å². The lowest BCUT2D eigenvalue weighted by Gasteiger charge is -2.24. The highest BCUT2D eigenvalue weighted by Crippen LogP contribution is 2.33. The van der Waals surface area contributed by atoms with Crippen molar-refractivity contribution in [3.8, 4) is 11.5 Å². The van der Waals surface area contributed by atoms with Gasteiger partial charge in [-0.15, -0.1) is 11.3 Å². The van der Waals surface area contributed by atoms with E-state index in [1.54, 1.807) is 32.4 Å². The predicted octanol–water partition coefficient (Wildman–Crippen LogP) is 4.44. The number of unbranched alkanes of at least 4 members (excludes halogenated alkanes) is 1. The van der Waals surface area contributed by atoms with Crippen molar-refractivity contribution in [3.63, 3.8) is 0 Å². The summed E-state index contributed by atoms with van der Waals surface area (Å²) in [5, 5.41) is 1.93. The Bertz CT molecular complexity index is 1450. The SMILES string of the molecule is CCCCOc1ccc(/C=c2\sc3n(c2=O)[C@H](c2cccs2)C(C(=O)OC(C)C)=C(C)N=3)cc1OC. The lowest BCUT2D eigenvalue weighted by atomic mass is 10.0. The molecule has 1 aliphatic rings. The normalized spacial score (nSPS) is 15.6. The molecule has 190 valence electrons. The van der Waals surface area contributed by atoms with Crippen molar-refractivity contribution in [3.05, 3.63) is 77.1 Å². The number of ether oxygens (including phenoxy) is 3. The van der Waals surface area contributed by atoms with E-state index in [1.165, 1.54) is 22.7 Å². The number of methoxy groups -OCH3 is 1. The first kappa shape index (κ1) is 25.9. The van der Waals surface area contributed by atoms with Crippen LogP contribution in [0.2, 0.25) is 0 Å². The number of carbonyl (C=O) groups is 1. The van der Waals surface area contributed by atoms with Crippen molar-refractivity contribution in [2.24, 2.45) is 4.99 Å². The summed E-state index contributed by atoms with van der Waals surface area (Å²) >= 11 is 2.79. The molecule has 0 saturated carbocycles. The number of fused-ring (bicyclic) bond motifs is 1. The zero-order chi connectivity index (χ0) is 25.8. The molecule has 0 bridgehead atoms. The Labute approximate surface area is 218 Å². The van der Waals surface area contributed by atoms with Crippen LogP contribution in [0.25, 0.3) is 6.08 Å². The van der Waals surface area contributed by atoms with E-state index in [0.717, 1.165) is 23.3 Å². The van der Waals surface area contributed by atoms with Crippen LogP contribution < -0.4 is 24.4 Å². The van der Waals surface area contributed by atoms with Crippen molar-refractivity contribution < 1.29 is 19.0 Å². The van der Waals surface area contributed by atoms with Gasteiger partial charge >= 0.3 is 5.97 Å². The Kier molecular flexibility index (Phi) is 8.11. The number of thiazole rings is 1. The van der Waals surface area contributed by atoms with Gasteiger partial charge in [0.25, 0.3) is 5.56 Å². The summed E-state index contributed by atoms with van der Waals surface area (Å²) in [6, 6.07) is 8.86. The molecule has 4 rings (SSSR count). The fourth-order valence-electron chi connectivity index (χ4n) is 3.95. The Morgan fingerprint density at radius 3 is 2.72 bits per heavy atom. The number of thiophene rings is 1. The van der Waals surface area contributed by atoms with Crippen molar-refractivity contribution in [1.29, 1.82) is 0 Å². The molecule has 0 unspecified atom stereocenters. The summed E-state index contributed by atoms with van der Waals surface area (Å²) < 4.78 is 19.0. The summed E-state index contributed by atoms with van der Waals surface area (Å²) in [6.45, 7) is 8.13. The third-order valence-electron chi connectivity index (χ3n) is 5.64. The molecular weight excluding hydrogens is 496 g/mol.